The molecular formula is C26H25F4N3O3S. The van der Waals surface area contributed by atoms with Gasteiger partial charge in [-0.2, -0.15) is 0 Å². The van der Waals surface area contributed by atoms with Crippen molar-refractivity contribution >= 4 is 29.5 Å². The smallest absolute Gasteiger partial charge is 0.255 e. The minimum atomic E-state index is -2.66. The summed E-state index contributed by atoms with van der Waals surface area (Å²) in [4.78, 5) is 40.4. The fourth-order valence-electron chi connectivity index (χ4n) is 4.97. The number of nitrogens with zero attached hydrogens (tertiary/aromatic N) is 2. The molecule has 37 heavy (non-hydrogen) atoms. The molecule has 0 saturated carbocycles. The first-order chi connectivity index (χ1) is 17.6. The lowest BCUT2D eigenvalue weighted by molar-refractivity contribution is -0.136. The van der Waals surface area contributed by atoms with E-state index in [0.717, 1.165) is 6.07 Å². The van der Waals surface area contributed by atoms with Crippen molar-refractivity contribution in [2.45, 2.75) is 61.4 Å². The van der Waals surface area contributed by atoms with E-state index in [1.807, 2.05) is 4.90 Å². The van der Waals surface area contributed by atoms with E-state index >= 15 is 0 Å². The summed E-state index contributed by atoms with van der Waals surface area (Å²) >= 11 is 1.26. The highest BCUT2D eigenvalue weighted by atomic mass is 32.2. The first-order valence-electron chi connectivity index (χ1n) is 12.1. The van der Waals surface area contributed by atoms with Gasteiger partial charge in [0.15, 0.2) is 0 Å². The molecule has 3 heterocycles. The van der Waals surface area contributed by atoms with Gasteiger partial charge in [0.1, 0.15) is 17.7 Å². The largest absolute Gasteiger partial charge is 0.322 e. The van der Waals surface area contributed by atoms with Crippen molar-refractivity contribution in [3.05, 3.63) is 64.2 Å². The van der Waals surface area contributed by atoms with Gasteiger partial charge in [-0.3, -0.25) is 24.6 Å². The van der Waals surface area contributed by atoms with E-state index in [1.165, 1.54) is 28.8 Å². The van der Waals surface area contributed by atoms with Crippen molar-refractivity contribution in [2.24, 2.45) is 0 Å². The Morgan fingerprint density at radius 1 is 1.05 bits per heavy atom. The van der Waals surface area contributed by atoms with Crippen LogP contribution in [0.5, 0.6) is 0 Å². The number of piperidine rings is 2. The lowest BCUT2D eigenvalue weighted by atomic mass is 10.0. The quantitative estimate of drug-likeness (QED) is 0.340. The predicted octanol–water partition coefficient (Wildman–Crippen LogP) is 4.25. The molecule has 3 aliphatic heterocycles. The second-order valence-corrected chi connectivity index (χ2v) is 10.7. The van der Waals surface area contributed by atoms with E-state index in [0.29, 0.717) is 27.3 Å². The fraction of sp³-hybridized carbons (Fsp3) is 0.423. The minimum Gasteiger partial charge on any atom is -0.322 e. The molecule has 2 fully saturated rings. The fourth-order valence-corrected chi connectivity index (χ4v) is 6.02. The van der Waals surface area contributed by atoms with Crippen molar-refractivity contribution < 1.29 is 31.9 Å². The van der Waals surface area contributed by atoms with Gasteiger partial charge >= 0.3 is 0 Å². The Morgan fingerprint density at radius 2 is 1.81 bits per heavy atom. The van der Waals surface area contributed by atoms with Gasteiger partial charge in [0.25, 0.3) is 11.8 Å². The summed E-state index contributed by atoms with van der Waals surface area (Å²) in [6.07, 6.45) is -0.130. The molecule has 2 aromatic rings. The summed E-state index contributed by atoms with van der Waals surface area (Å²) in [5, 5.41) is 2.24. The Morgan fingerprint density at radius 3 is 2.51 bits per heavy atom. The van der Waals surface area contributed by atoms with Crippen molar-refractivity contribution in [3.8, 4) is 0 Å². The second-order valence-electron chi connectivity index (χ2n) is 9.68. The number of imide groups is 1. The number of rotatable bonds is 6. The Labute approximate surface area is 215 Å². The summed E-state index contributed by atoms with van der Waals surface area (Å²) in [5.74, 6) is -4.75. The van der Waals surface area contributed by atoms with Crippen molar-refractivity contribution in [1.29, 1.82) is 0 Å². The van der Waals surface area contributed by atoms with Gasteiger partial charge in [0.05, 0.1) is 0 Å². The molecule has 0 bridgehead atoms. The molecule has 0 spiro atoms. The highest BCUT2D eigenvalue weighted by Crippen LogP contribution is 2.37. The number of carbonyl (C=O) groups is 3. The summed E-state index contributed by atoms with van der Waals surface area (Å²) in [7, 11) is 0. The number of nitrogens with one attached hydrogen (secondary N) is 1. The van der Waals surface area contributed by atoms with Crippen LogP contribution in [-0.4, -0.2) is 52.6 Å². The van der Waals surface area contributed by atoms with Gasteiger partial charge in [-0.25, -0.2) is 17.6 Å². The van der Waals surface area contributed by atoms with Crippen molar-refractivity contribution in [3.63, 3.8) is 0 Å². The first kappa shape index (κ1) is 25.7. The van der Waals surface area contributed by atoms with E-state index in [2.05, 4.69) is 5.32 Å². The number of halogens is 4. The third-order valence-corrected chi connectivity index (χ3v) is 8.23. The zero-order valence-corrected chi connectivity index (χ0v) is 20.7. The summed E-state index contributed by atoms with van der Waals surface area (Å²) in [6.45, 7) is 0.794. The molecule has 2 aromatic carbocycles. The standard InChI is InChI=1S/C26H25F4N3O3S/c27-17-10-18-19(13-33(25(18)36)21-3-4-23(34)31-24(21)35)22(11-17)37-14-15-1-2-16(20(28)9-15)12-32-7-5-26(29,30)6-8-32/h1-2,9-11,21H,3-8,12-14H2,(H,31,34,35). The van der Waals surface area contributed by atoms with Crippen LogP contribution in [0.1, 0.15) is 52.7 Å². The SMILES string of the molecule is O=C1CCC(N2Cc3c(SCc4ccc(CN5CCC(F)(F)CC5)c(F)c4)cc(F)cc3C2=O)C(=O)N1. The molecule has 1 N–H and O–H groups in total. The molecule has 1 unspecified atom stereocenters. The monoisotopic (exact) mass is 535 g/mol. The van der Waals surface area contributed by atoms with Gasteiger partial charge in [-0.15, -0.1) is 11.8 Å². The van der Waals surface area contributed by atoms with Crippen LogP contribution in [0.3, 0.4) is 0 Å². The Hall–Kier alpha value is -2.92. The Kier molecular flexibility index (Phi) is 7.01. The van der Waals surface area contributed by atoms with E-state index in [9.17, 15) is 31.9 Å². The van der Waals surface area contributed by atoms with E-state index < -0.39 is 35.4 Å². The van der Waals surface area contributed by atoms with Gasteiger partial charge in [0, 0.05) is 67.2 Å². The number of likely N-dealkylation sites (tertiary alicyclic amines) is 1. The normalized spacial score (nSPS) is 21.8. The third kappa shape index (κ3) is 5.52. The Bertz CT molecular complexity index is 1260. The van der Waals surface area contributed by atoms with Crippen LogP contribution in [0, 0.1) is 11.6 Å². The topological polar surface area (TPSA) is 69.7 Å². The van der Waals surface area contributed by atoms with Crippen molar-refractivity contribution in [1.82, 2.24) is 15.1 Å². The molecule has 11 heteroatoms. The summed E-state index contributed by atoms with van der Waals surface area (Å²) in [5.41, 5.74) is 1.86. The number of carbonyl (C=O) groups excluding carboxylic acids is 3. The van der Waals surface area contributed by atoms with Crippen LogP contribution in [0.2, 0.25) is 0 Å². The second kappa shape index (κ2) is 10.1. The van der Waals surface area contributed by atoms with Gasteiger partial charge in [-0.05, 0) is 35.7 Å². The zero-order chi connectivity index (χ0) is 26.3. The molecule has 2 saturated heterocycles. The van der Waals surface area contributed by atoms with Crippen LogP contribution in [-0.2, 0) is 28.4 Å². The van der Waals surface area contributed by atoms with Gasteiger partial charge in [-0.1, -0.05) is 12.1 Å². The molecule has 1 atom stereocenters. The van der Waals surface area contributed by atoms with Crippen LogP contribution in [0.15, 0.2) is 35.2 Å². The molecule has 0 aromatic heterocycles. The maximum absolute atomic E-state index is 14.8. The van der Waals surface area contributed by atoms with Crippen molar-refractivity contribution in [2.75, 3.05) is 13.1 Å². The summed E-state index contributed by atoms with van der Waals surface area (Å²) in [6, 6.07) is 6.46. The lowest BCUT2D eigenvalue weighted by Gasteiger charge is -2.31. The average Bonchev–Trinajstić information content (AvgIpc) is 3.16. The Balaban J connectivity index is 1.26. The van der Waals surface area contributed by atoms with Crippen LogP contribution in [0.4, 0.5) is 17.6 Å². The van der Waals surface area contributed by atoms with Gasteiger partial charge in [0.2, 0.25) is 11.8 Å². The maximum Gasteiger partial charge on any atom is 0.255 e. The molecule has 3 aliphatic rings. The van der Waals surface area contributed by atoms with Crippen LogP contribution < -0.4 is 5.32 Å². The van der Waals surface area contributed by atoms with Gasteiger partial charge < -0.3 is 4.90 Å². The third-order valence-electron chi connectivity index (χ3n) is 7.07. The van der Waals surface area contributed by atoms with E-state index in [4.69, 9.17) is 0 Å². The predicted molar refractivity (Wildman–Crippen MR) is 128 cm³/mol. The van der Waals surface area contributed by atoms with Crippen LogP contribution >= 0.6 is 11.8 Å². The average molecular weight is 536 g/mol. The molecule has 196 valence electrons. The number of alkyl halides is 2. The molecule has 5 rings (SSSR count). The molecule has 6 nitrogen and oxygen atoms in total. The van der Waals surface area contributed by atoms with Crippen LogP contribution in [0.25, 0.3) is 0 Å². The van der Waals surface area contributed by atoms with E-state index in [1.54, 1.807) is 12.1 Å². The first-order valence-corrected chi connectivity index (χ1v) is 13.1. The van der Waals surface area contributed by atoms with E-state index in [-0.39, 0.29) is 63.3 Å². The molecule has 0 radical (unpaired) electrons. The zero-order valence-electron chi connectivity index (χ0n) is 19.9. The molecule has 0 aliphatic carbocycles. The lowest BCUT2D eigenvalue weighted by Crippen LogP contribution is -2.52. The highest BCUT2D eigenvalue weighted by Gasteiger charge is 2.40. The number of hydrogen-bond acceptors (Lipinski definition) is 5. The number of thioether (sulfide) groups is 1. The molecule has 3 amide bonds. The minimum absolute atomic E-state index is 0.116. The number of hydrogen-bond donors (Lipinski definition) is 1. The maximum atomic E-state index is 14.8. The summed E-state index contributed by atoms with van der Waals surface area (Å²) < 4.78 is 55.9. The number of amides is 3. The number of fused-ring (bicyclic) bond motifs is 1. The molecular weight excluding hydrogens is 510 g/mol. The number of benzene rings is 2. The highest BCUT2D eigenvalue weighted by molar-refractivity contribution is 7.98.